The predicted octanol–water partition coefficient (Wildman–Crippen LogP) is 1.04. The van der Waals surface area contributed by atoms with Crippen LogP contribution < -0.4 is 10.1 Å². The Kier molecular flexibility index (Phi) is 4.60. The molecule has 1 aliphatic rings. The normalized spacial score (nSPS) is 19.4. The van der Waals surface area contributed by atoms with Gasteiger partial charge in [-0.2, -0.15) is 5.10 Å². The molecule has 0 saturated carbocycles. The second-order valence-corrected chi connectivity index (χ2v) is 4.91. The van der Waals surface area contributed by atoms with E-state index in [2.05, 4.69) is 10.4 Å². The highest BCUT2D eigenvalue weighted by atomic mass is 16.5. The van der Waals surface area contributed by atoms with E-state index in [0.717, 1.165) is 43.4 Å². The Balaban J connectivity index is 1.65. The molecule has 2 rings (SSSR count). The summed E-state index contributed by atoms with van der Waals surface area (Å²) < 4.78 is 13.0. The fourth-order valence-corrected chi connectivity index (χ4v) is 2.24. The van der Waals surface area contributed by atoms with Crippen molar-refractivity contribution in [2.75, 3.05) is 32.9 Å². The first-order chi connectivity index (χ1) is 8.68. The van der Waals surface area contributed by atoms with Crippen LogP contribution in [0.5, 0.6) is 5.75 Å². The van der Waals surface area contributed by atoms with E-state index in [1.807, 2.05) is 25.6 Å². The number of aryl methyl sites for hydroxylation is 2. The second kappa shape index (κ2) is 6.20. The van der Waals surface area contributed by atoms with Gasteiger partial charge in [0.2, 0.25) is 0 Å². The minimum absolute atomic E-state index is 0.673. The minimum Gasteiger partial charge on any atom is -0.488 e. The van der Waals surface area contributed by atoms with Gasteiger partial charge in [0.05, 0.1) is 12.3 Å². The first kappa shape index (κ1) is 13.4. The predicted molar refractivity (Wildman–Crippen MR) is 70.0 cm³/mol. The van der Waals surface area contributed by atoms with Gasteiger partial charge < -0.3 is 14.8 Å². The van der Waals surface area contributed by atoms with Gasteiger partial charge >= 0.3 is 0 Å². The minimum atomic E-state index is 0.673. The smallest absolute Gasteiger partial charge is 0.163 e. The Morgan fingerprint density at radius 3 is 2.94 bits per heavy atom. The summed E-state index contributed by atoms with van der Waals surface area (Å²) in [7, 11) is 1.94. The highest BCUT2D eigenvalue weighted by molar-refractivity contribution is 5.31. The van der Waals surface area contributed by atoms with Gasteiger partial charge in [0.15, 0.2) is 5.75 Å². The summed E-state index contributed by atoms with van der Waals surface area (Å²) >= 11 is 0. The van der Waals surface area contributed by atoms with Crippen LogP contribution in [0.3, 0.4) is 0 Å². The molecule has 1 unspecified atom stereocenters. The van der Waals surface area contributed by atoms with Crippen molar-refractivity contribution >= 4 is 0 Å². The lowest BCUT2D eigenvalue weighted by Crippen LogP contribution is -2.27. The maximum atomic E-state index is 5.78. The van der Waals surface area contributed by atoms with Gasteiger partial charge in [0.1, 0.15) is 12.3 Å². The Labute approximate surface area is 108 Å². The quantitative estimate of drug-likeness (QED) is 0.770. The zero-order valence-electron chi connectivity index (χ0n) is 11.5. The van der Waals surface area contributed by atoms with Gasteiger partial charge in [0.25, 0.3) is 0 Å². The molecule has 1 fully saturated rings. The summed E-state index contributed by atoms with van der Waals surface area (Å²) in [6, 6.07) is 0. The number of hydrogen-bond acceptors (Lipinski definition) is 4. The number of nitrogens with zero attached hydrogens (tertiary/aromatic N) is 2. The Morgan fingerprint density at radius 1 is 1.50 bits per heavy atom. The molecule has 0 radical (unpaired) electrons. The highest BCUT2D eigenvalue weighted by Gasteiger charge is 2.14. The van der Waals surface area contributed by atoms with Crippen LogP contribution in [0.1, 0.15) is 17.8 Å². The molecular weight excluding hydrogens is 230 g/mol. The molecule has 1 saturated heterocycles. The summed E-state index contributed by atoms with van der Waals surface area (Å²) in [6.45, 7) is 8.38. The third-order valence-electron chi connectivity index (χ3n) is 3.42. The van der Waals surface area contributed by atoms with Crippen LogP contribution in [0, 0.1) is 19.8 Å². The van der Waals surface area contributed by atoms with E-state index in [0.29, 0.717) is 12.5 Å². The van der Waals surface area contributed by atoms with Crippen molar-refractivity contribution < 1.29 is 9.47 Å². The van der Waals surface area contributed by atoms with E-state index in [-0.39, 0.29) is 0 Å². The Morgan fingerprint density at radius 2 is 2.33 bits per heavy atom. The number of rotatable bonds is 6. The summed E-state index contributed by atoms with van der Waals surface area (Å²) in [4.78, 5) is 0. The van der Waals surface area contributed by atoms with E-state index in [1.54, 1.807) is 0 Å². The van der Waals surface area contributed by atoms with Crippen molar-refractivity contribution in [3.63, 3.8) is 0 Å². The Bertz CT molecular complexity index is 384. The van der Waals surface area contributed by atoms with Crippen LogP contribution in [0.4, 0.5) is 0 Å². The molecule has 5 heteroatoms. The van der Waals surface area contributed by atoms with Gasteiger partial charge in [-0.1, -0.05) is 0 Å². The van der Waals surface area contributed by atoms with Gasteiger partial charge in [-0.15, -0.1) is 0 Å². The average molecular weight is 253 g/mol. The average Bonchev–Trinajstić information content (AvgIpc) is 2.92. The van der Waals surface area contributed by atoms with Crippen LogP contribution in [-0.4, -0.2) is 42.7 Å². The highest BCUT2D eigenvalue weighted by Crippen LogP contribution is 2.20. The lowest BCUT2D eigenvalue weighted by atomic mass is 10.1. The zero-order chi connectivity index (χ0) is 13.0. The van der Waals surface area contributed by atoms with E-state index in [9.17, 15) is 0 Å². The summed E-state index contributed by atoms with van der Waals surface area (Å²) in [5.74, 6) is 1.59. The zero-order valence-corrected chi connectivity index (χ0v) is 11.5. The Hall–Kier alpha value is -1.07. The lowest BCUT2D eigenvalue weighted by Gasteiger charge is -2.10. The molecule has 1 atom stereocenters. The molecule has 1 aliphatic heterocycles. The van der Waals surface area contributed by atoms with Crippen molar-refractivity contribution in [2.45, 2.75) is 20.3 Å². The molecule has 102 valence electrons. The summed E-state index contributed by atoms with van der Waals surface area (Å²) in [5, 5.41) is 7.74. The van der Waals surface area contributed by atoms with Crippen LogP contribution in [0.2, 0.25) is 0 Å². The molecule has 1 aromatic heterocycles. The monoisotopic (exact) mass is 253 g/mol. The third-order valence-corrected chi connectivity index (χ3v) is 3.42. The molecule has 1 aromatic rings. The number of aromatic nitrogens is 2. The molecule has 18 heavy (non-hydrogen) atoms. The SMILES string of the molecule is Cc1nn(C)c(C)c1OCCNCC1CCOC1. The fourth-order valence-electron chi connectivity index (χ4n) is 2.24. The molecule has 0 amide bonds. The maximum Gasteiger partial charge on any atom is 0.163 e. The van der Waals surface area contributed by atoms with Gasteiger partial charge in [0, 0.05) is 26.7 Å². The summed E-state index contributed by atoms with van der Waals surface area (Å²) in [5.41, 5.74) is 2.04. The van der Waals surface area contributed by atoms with Gasteiger partial charge in [-0.3, -0.25) is 4.68 Å². The molecule has 0 aromatic carbocycles. The van der Waals surface area contributed by atoms with Gasteiger partial charge in [-0.05, 0) is 26.2 Å². The van der Waals surface area contributed by atoms with Crippen LogP contribution in [0.15, 0.2) is 0 Å². The van der Waals surface area contributed by atoms with Crippen molar-refractivity contribution in [2.24, 2.45) is 13.0 Å². The fraction of sp³-hybridized carbons (Fsp3) is 0.769. The molecule has 1 N–H and O–H groups in total. The number of hydrogen-bond donors (Lipinski definition) is 1. The van der Waals surface area contributed by atoms with E-state index in [4.69, 9.17) is 9.47 Å². The third kappa shape index (κ3) is 3.23. The van der Waals surface area contributed by atoms with Crippen molar-refractivity contribution in [1.82, 2.24) is 15.1 Å². The van der Waals surface area contributed by atoms with Crippen molar-refractivity contribution in [3.8, 4) is 5.75 Å². The maximum absolute atomic E-state index is 5.78. The first-order valence-electron chi connectivity index (χ1n) is 6.60. The van der Waals surface area contributed by atoms with Crippen molar-refractivity contribution in [1.29, 1.82) is 0 Å². The van der Waals surface area contributed by atoms with Crippen LogP contribution in [0.25, 0.3) is 0 Å². The standard InChI is InChI=1S/C13H23N3O2/c1-10-13(11(2)16(3)15-10)18-7-5-14-8-12-4-6-17-9-12/h12,14H,4-9H2,1-3H3. The lowest BCUT2D eigenvalue weighted by molar-refractivity contribution is 0.185. The molecular formula is C13H23N3O2. The number of ether oxygens (including phenoxy) is 2. The molecule has 0 aliphatic carbocycles. The van der Waals surface area contributed by atoms with Crippen LogP contribution >= 0.6 is 0 Å². The largest absolute Gasteiger partial charge is 0.488 e. The number of nitrogens with one attached hydrogen (secondary N) is 1. The van der Waals surface area contributed by atoms with E-state index < -0.39 is 0 Å². The second-order valence-electron chi connectivity index (χ2n) is 4.91. The van der Waals surface area contributed by atoms with Crippen molar-refractivity contribution in [3.05, 3.63) is 11.4 Å². The summed E-state index contributed by atoms with van der Waals surface area (Å²) in [6.07, 6.45) is 1.18. The molecule has 5 nitrogen and oxygen atoms in total. The molecule has 0 bridgehead atoms. The molecule has 0 spiro atoms. The van der Waals surface area contributed by atoms with Crippen LogP contribution in [-0.2, 0) is 11.8 Å². The van der Waals surface area contributed by atoms with E-state index in [1.165, 1.54) is 6.42 Å². The van der Waals surface area contributed by atoms with Gasteiger partial charge in [-0.25, -0.2) is 0 Å². The first-order valence-corrected chi connectivity index (χ1v) is 6.60. The molecule has 2 heterocycles. The topological polar surface area (TPSA) is 48.3 Å². The van der Waals surface area contributed by atoms with E-state index >= 15 is 0 Å².